The molecule has 0 saturated carbocycles. The largest absolute Gasteiger partial charge is 0.338 e. The van der Waals surface area contributed by atoms with E-state index in [9.17, 15) is 13.6 Å². The van der Waals surface area contributed by atoms with Crippen molar-refractivity contribution < 1.29 is 13.6 Å². The Morgan fingerprint density at radius 1 is 0.964 bits per heavy atom. The highest BCUT2D eigenvalue weighted by molar-refractivity contribution is 5.93. The summed E-state index contributed by atoms with van der Waals surface area (Å²) in [6, 6.07) is 14.0. The van der Waals surface area contributed by atoms with E-state index in [1.54, 1.807) is 4.90 Å². The number of anilines is 2. The van der Waals surface area contributed by atoms with Gasteiger partial charge in [0.2, 0.25) is 0 Å². The molecule has 0 bridgehead atoms. The number of nitrogens with one attached hydrogen (secondary N) is 1. The summed E-state index contributed by atoms with van der Waals surface area (Å²) in [5, 5.41) is 2.83. The number of aromatic nitrogens is 2. The highest BCUT2D eigenvalue weighted by Gasteiger charge is 2.22. The second-order valence-corrected chi connectivity index (χ2v) is 6.58. The Balaban J connectivity index is 1.74. The van der Waals surface area contributed by atoms with Gasteiger partial charge in [-0.05, 0) is 25.0 Å². The lowest BCUT2D eigenvalue weighted by molar-refractivity contribution is 0.0787. The molecule has 7 heteroatoms. The number of carbonyl (C=O) groups is 1. The Bertz CT molecular complexity index is 1000. The molecular formula is C21H18F2N4O. The zero-order valence-corrected chi connectivity index (χ0v) is 15.0. The molecule has 2 aromatic carbocycles. The number of hydrogen-bond acceptors (Lipinski definition) is 4. The number of benzene rings is 2. The zero-order chi connectivity index (χ0) is 19.5. The first-order valence-corrected chi connectivity index (χ1v) is 9.06. The van der Waals surface area contributed by atoms with Crippen LogP contribution in [0.2, 0.25) is 0 Å². The van der Waals surface area contributed by atoms with Crippen molar-refractivity contribution in [1.82, 2.24) is 14.9 Å². The Labute approximate surface area is 161 Å². The van der Waals surface area contributed by atoms with Gasteiger partial charge in [0, 0.05) is 30.8 Å². The molecule has 0 unspecified atom stereocenters. The molecule has 1 aliphatic heterocycles. The quantitative estimate of drug-likeness (QED) is 0.729. The Morgan fingerprint density at radius 2 is 1.71 bits per heavy atom. The van der Waals surface area contributed by atoms with E-state index in [4.69, 9.17) is 0 Å². The maximum atomic E-state index is 14.0. The van der Waals surface area contributed by atoms with Crippen molar-refractivity contribution in [2.45, 2.75) is 12.8 Å². The van der Waals surface area contributed by atoms with Crippen LogP contribution < -0.4 is 5.32 Å². The monoisotopic (exact) mass is 380 g/mol. The van der Waals surface area contributed by atoms with Gasteiger partial charge in [0.1, 0.15) is 23.1 Å². The lowest BCUT2D eigenvalue weighted by Gasteiger charge is -2.16. The molecule has 3 aromatic rings. The summed E-state index contributed by atoms with van der Waals surface area (Å²) in [5.74, 6) is -0.967. The Hall–Kier alpha value is -3.35. The predicted molar refractivity (Wildman–Crippen MR) is 102 cm³/mol. The maximum Gasteiger partial charge on any atom is 0.272 e. The van der Waals surface area contributed by atoms with Crippen LogP contribution in [0, 0.1) is 11.6 Å². The molecule has 5 nitrogen and oxygen atoms in total. The van der Waals surface area contributed by atoms with E-state index in [0.29, 0.717) is 18.9 Å². The summed E-state index contributed by atoms with van der Waals surface area (Å²) in [4.78, 5) is 23.4. The molecule has 0 aliphatic carbocycles. The first-order chi connectivity index (χ1) is 13.6. The van der Waals surface area contributed by atoms with E-state index in [1.807, 2.05) is 30.3 Å². The molecule has 1 aromatic heterocycles. The third-order valence-electron chi connectivity index (χ3n) is 4.56. The number of halogens is 2. The van der Waals surface area contributed by atoms with Crippen LogP contribution in [0.3, 0.4) is 0 Å². The topological polar surface area (TPSA) is 58.1 Å². The third-order valence-corrected chi connectivity index (χ3v) is 4.56. The molecule has 1 fully saturated rings. The molecule has 0 spiro atoms. The van der Waals surface area contributed by atoms with Crippen LogP contribution in [0.1, 0.15) is 23.3 Å². The summed E-state index contributed by atoms with van der Waals surface area (Å²) in [6.07, 6.45) is 1.93. The zero-order valence-electron chi connectivity index (χ0n) is 15.0. The molecular weight excluding hydrogens is 362 g/mol. The van der Waals surface area contributed by atoms with E-state index in [-0.39, 0.29) is 23.1 Å². The summed E-state index contributed by atoms with van der Waals surface area (Å²) in [5.41, 5.74) is 1.04. The SMILES string of the molecule is O=C(c1cc(Nc2ccc(F)cc2F)nc(-c2ccccc2)n1)N1CCCC1. The van der Waals surface area contributed by atoms with Gasteiger partial charge in [0.25, 0.3) is 5.91 Å². The van der Waals surface area contributed by atoms with Gasteiger partial charge in [-0.3, -0.25) is 4.79 Å². The molecule has 0 atom stereocenters. The minimum Gasteiger partial charge on any atom is -0.338 e. The first kappa shape index (κ1) is 18.0. The molecule has 1 N–H and O–H groups in total. The standard InChI is InChI=1S/C21H18F2N4O/c22-15-8-9-17(16(23)12-15)24-19-13-18(21(28)27-10-4-5-11-27)25-20(26-19)14-6-2-1-3-7-14/h1-3,6-9,12-13H,4-5,10-11H2,(H,24,25,26). The van der Waals surface area contributed by atoms with Crippen LogP contribution in [0.5, 0.6) is 0 Å². The van der Waals surface area contributed by atoms with Crippen LogP contribution in [-0.2, 0) is 0 Å². The maximum absolute atomic E-state index is 14.0. The van der Waals surface area contributed by atoms with Crippen molar-refractivity contribution in [3.8, 4) is 11.4 Å². The van der Waals surface area contributed by atoms with Crippen LogP contribution in [-0.4, -0.2) is 33.9 Å². The fraction of sp³-hybridized carbons (Fsp3) is 0.190. The summed E-state index contributed by atoms with van der Waals surface area (Å²) in [7, 11) is 0. The Morgan fingerprint density at radius 3 is 2.43 bits per heavy atom. The van der Waals surface area contributed by atoms with Crippen molar-refractivity contribution in [3.63, 3.8) is 0 Å². The van der Waals surface area contributed by atoms with E-state index in [1.165, 1.54) is 12.1 Å². The second kappa shape index (κ2) is 7.72. The van der Waals surface area contributed by atoms with Gasteiger partial charge in [-0.25, -0.2) is 18.7 Å². The number of hydrogen-bond donors (Lipinski definition) is 1. The summed E-state index contributed by atoms with van der Waals surface area (Å²) < 4.78 is 27.2. The second-order valence-electron chi connectivity index (χ2n) is 6.58. The van der Waals surface area contributed by atoms with Crippen molar-refractivity contribution in [1.29, 1.82) is 0 Å². The molecule has 1 aliphatic rings. The van der Waals surface area contributed by atoms with Crippen molar-refractivity contribution in [3.05, 3.63) is 71.9 Å². The molecule has 4 rings (SSSR count). The lowest BCUT2D eigenvalue weighted by atomic mass is 10.2. The molecule has 0 radical (unpaired) electrons. The average Bonchev–Trinajstić information content (AvgIpc) is 3.25. The van der Waals surface area contributed by atoms with Gasteiger partial charge in [0.15, 0.2) is 5.82 Å². The minimum absolute atomic E-state index is 0.0682. The molecule has 28 heavy (non-hydrogen) atoms. The molecule has 1 saturated heterocycles. The van der Waals surface area contributed by atoms with E-state index < -0.39 is 11.6 Å². The van der Waals surface area contributed by atoms with Crippen LogP contribution in [0.4, 0.5) is 20.3 Å². The van der Waals surface area contributed by atoms with Crippen LogP contribution in [0.25, 0.3) is 11.4 Å². The third kappa shape index (κ3) is 3.83. The highest BCUT2D eigenvalue weighted by atomic mass is 19.1. The van der Waals surface area contributed by atoms with Gasteiger partial charge in [-0.1, -0.05) is 30.3 Å². The highest BCUT2D eigenvalue weighted by Crippen LogP contribution is 2.24. The molecule has 142 valence electrons. The van der Waals surface area contributed by atoms with Crippen LogP contribution >= 0.6 is 0 Å². The lowest BCUT2D eigenvalue weighted by Crippen LogP contribution is -2.28. The van der Waals surface area contributed by atoms with E-state index >= 15 is 0 Å². The van der Waals surface area contributed by atoms with Gasteiger partial charge in [0.05, 0.1) is 5.69 Å². The van der Waals surface area contributed by atoms with Crippen molar-refractivity contribution >= 4 is 17.4 Å². The van der Waals surface area contributed by atoms with Crippen molar-refractivity contribution in [2.24, 2.45) is 0 Å². The van der Waals surface area contributed by atoms with Gasteiger partial charge >= 0.3 is 0 Å². The number of rotatable bonds is 4. The normalized spacial score (nSPS) is 13.6. The minimum atomic E-state index is -0.743. The van der Waals surface area contributed by atoms with Crippen molar-refractivity contribution in [2.75, 3.05) is 18.4 Å². The van der Waals surface area contributed by atoms with E-state index in [2.05, 4.69) is 15.3 Å². The fourth-order valence-corrected chi connectivity index (χ4v) is 3.15. The molecule has 2 heterocycles. The number of amides is 1. The number of likely N-dealkylation sites (tertiary alicyclic amines) is 1. The number of nitrogens with zero attached hydrogens (tertiary/aromatic N) is 3. The van der Waals surface area contributed by atoms with Gasteiger partial charge < -0.3 is 10.2 Å². The predicted octanol–water partition coefficient (Wildman–Crippen LogP) is 4.40. The summed E-state index contributed by atoms with van der Waals surface area (Å²) in [6.45, 7) is 1.39. The smallest absolute Gasteiger partial charge is 0.272 e. The summed E-state index contributed by atoms with van der Waals surface area (Å²) >= 11 is 0. The fourth-order valence-electron chi connectivity index (χ4n) is 3.15. The van der Waals surface area contributed by atoms with E-state index in [0.717, 1.165) is 30.5 Å². The molecule has 1 amide bonds. The van der Waals surface area contributed by atoms with Crippen LogP contribution in [0.15, 0.2) is 54.6 Å². The number of carbonyl (C=O) groups excluding carboxylic acids is 1. The Kier molecular flexibility index (Phi) is 4.97. The first-order valence-electron chi connectivity index (χ1n) is 9.06. The van der Waals surface area contributed by atoms with Gasteiger partial charge in [-0.15, -0.1) is 0 Å². The van der Waals surface area contributed by atoms with Gasteiger partial charge in [-0.2, -0.15) is 0 Å². The average molecular weight is 380 g/mol.